The molecule has 3 nitrogen and oxygen atoms in total. The van der Waals surface area contributed by atoms with Crippen molar-refractivity contribution in [3.63, 3.8) is 0 Å². The lowest BCUT2D eigenvalue weighted by molar-refractivity contribution is -0.175. The first-order chi connectivity index (χ1) is 10.4. The number of hydrogen-bond acceptors (Lipinski definition) is 3. The van der Waals surface area contributed by atoms with Gasteiger partial charge in [0.1, 0.15) is 11.9 Å². The Hall–Kier alpha value is -1.13. The van der Waals surface area contributed by atoms with E-state index in [0.717, 1.165) is 30.6 Å². The maximum Gasteiger partial charge on any atom is 0.144 e. The fraction of sp³-hybridized carbons (Fsp3) is 0.667. The number of ether oxygens (including phenoxy) is 1. The normalized spacial score (nSPS) is 38.8. The zero-order valence-corrected chi connectivity index (χ0v) is 13.7. The third-order valence-corrected chi connectivity index (χ3v) is 5.75. The summed E-state index contributed by atoms with van der Waals surface area (Å²) in [5.74, 6) is 0.832. The van der Waals surface area contributed by atoms with E-state index in [4.69, 9.17) is 4.74 Å². The highest BCUT2D eigenvalue weighted by molar-refractivity contribution is 5.28. The Kier molecular flexibility index (Phi) is 3.94. The summed E-state index contributed by atoms with van der Waals surface area (Å²) >= 11 is 0. The van der Waals surface area contributed by atoms with Gasteiger partial charge in [0.2, 0.25) is 0 Å². The molecule has 0 amide bonds. The van der Waals surface area contributed by atoms with Gasteiger partial charge in [-0.05, 0) is 57.2 Å². The molecule has 2 aliphatic rings. The lowest BCUT2D eigenvalue weighted by Crippen LogP contribution is -2.71. The Morgan fingerprint density at radius 2 is 1.95 bits per heavy atom. The average molecular weight is 307 g/mol. The van der Waals surface area contributed by atoms with E-state index in [1.54, 1.807) is 7.11 Å². The molecule has 2 heterocycles. The monoisotopic (exact) mass is 307 g/mol. The van der Waals surface area contributed by atoms with Gasteiger partial charge in [0.15, 0.2) is 0 Å². The van der Waals surface area contributed by atoms with Crippen molar-refractivity contribution >= 4 is 0 Å². The molecule has 0 spiro atoms. The van der Waals surface area contributed by atoms with Crippen LogP contribution in [0.15, 0.2) is 24.3 Å². The minimum absolute atomic E-state index is 0.130. The Labute approximate surface area is 132 Å². The van der Waals surface area contributed by atoms with E-state index < -0.39 is 17.8 Å². The predicted molar refractivity (Wildman–Crippen MR) is 84.7 cm³/mol. The number of aliphatic hydroxyl groups excluding tert-OH is 1. The number of methoxy groups -OCH3 is 1. The van der Waals surface area contributed by atoms with Gasteiger partial charge in [-0.15, -0.1) is 0 Å². The van der Waals surface area contributed by atoms with Gasteiger partial charge in [-0.2, -0.15) is 0 Å². The molecule has 22 heavy (non-hydrogen) atoms. The highest BCUT2D eigenvalue weighted by Crippen LogP contribution is 2.49. The van der Waals surface area contributed by atoms with Crippen LogP contribution < -0.4 is 4.74 Å². The molecule has 0 aromatic heterocycles. The van der Waals surface area contributed by atoms with E-state index in [9.17, 15) is 9.50 Å². The lowest BCUT2D eigenvalue weighted by Gasteiger charge is -2.61. The molecule has 0 saturated carbocycles. The molecule has 4 heteroatoms. The van der Waals surface area contributed by atoms with Gasteiger partial charge in [-0.1, -0.05) is 12.1 Å². The minimum atomic E-state index is -1.18. The highest BCUT2D eigenvalue weighted by atomic mass is 19.1. The Bertz CT molecular complexity index is 534. The second kappa shape index (κ2) is 5.50. The summed E-state index contributed by atoms with van der Waals surface area (Å²) in [5.41, 5.74) is 0.447. The average Bonchev–Trinajstić information content (AvgIpc) is 2.50. The predicted octanol–water partition coefficient (Wildman–Crippen LogP) is 3.30. The number of rotatable bonds is 3. The van der Waals surface area contributed by atoms with Crippen LogP contribution in [0.5, 0.6) is 5.75 Å². The van der Waals surface area contributed by atoms with E-state index >= 15 is 0 Å². The van der Waals surface area contributed by atoms with Crippen LogP contribution in [0.4, 0.5) is 4.39 Å². The second-order valence-corrected chi connectivity index (χ2v) is 7.32. The van der Waals surface area contributed by atoms with Crippen LogP contribution in [0.25, 0.3) is 0 Å². The maximum absolute atomic E-state index is 14.8. The van der Waals surface area contributed by atoms with Crippen LogP contribution in [-0.4, -0.2) is 40.5 Å². The first-order valence-electron chi connectivity index (χ1n) is 8.12. The molecule has 1 N–H and O–H groups in total. The molecule has 1 aromatic rings. The van der Waals surface area contributed by atoms with Crippen molar-refractivity contribution in [2.24, 2.45) is 0 Å². The van der Waals surface area contributed by atoms with E-state index in [2.05, 4.69) is 11.8 Å². The summed E-state index contributed by atoms with van der Waals surface area (Å²) in [6, 6.07) is 7.97. The van der Waals surface area contributed by atoms with Crippen LogP contribution in [-0.2, 0) is 6.54 Å². The third kappa shape index (κ3) is 2.42. The third-order valence-electron chi connectivity index (χ3n) is 5.75. The fourth-order valence-corrected chi connectivity index (χ4v) is 4.47. The van der Waals surface area contributed by atoms with Gasteiger partial charge in [-0.3, -0.25) is 4.90 Å². The van der Waals surface area contributed by atoms with Crippen molar-refractivity contribution in [3.05, 3.63) is 29.8 Å². The van der Waals surface area contributed by atoms with Crippen molar-refractivity contribution in [3.8, 4) is 5.75 Å². The first kappa shape index (κ1) is 15.8. The minimum Gasteiger partial charge on any atom is -0.497 e. The number of fused-ring (bicyclic) bond motifs is 2. The molecule has 4 atom stereocenters. The Morgan fingerprint density at radius 1 is 1.27 bits per heavy atom. The van der Waals surface area contributed by atoms with Crippen LogP contribution in [0.1, 0.15) is 45.1 Å². The standard InChI is InChI=1S/C18H26FNO2/c1-17-9-4-10-18(2,16(19)15(21)11-17)20(17)12-13-5-7-14(22-3)8-6-13/h5-8,15-16,21H,4,9-12H2,1-3H3/t15-,16-,17-,18+/m1/s1. The quantitative estimate of drug-likeness (QED) is 0.930. The summed E-state index contributed by atoms with van der Waals surface area (Å²) < 4.78 is 20.0. The molecular formula is C18H26FNO2. The van der Waals surface area contributed by atoms with Gasteiger partial charge in [-0.25, -0.2) is 4.39 Å². The molecule has 2 saturated heterocycles. The molecule has 3 rings (SSSR count). The SMILES string of the molecule is COc1ccc(CN2[C@]3(C)CCC[C@@]2(C)[C@H](F)[C@H](O)C3)cc1. The number of benzene rings is 1. The Balaban J connectivity index is 1.89. The van der Waals surface area contributed by atoms with Crippen LogP contribution in [0.2, 0.25) is 0 Å². The summed E-state index contributed by atoms with van der Waals surface area (Å²) in [5, 5.41) is 10.1. The van der Waals surface area contributed by atoms with Crippen molar-refractivity contribution < 1.29 is 14.2 Å². The topological polar surface area (TPSA) is 32.7 Å². The molecule has 2 aliphatic heterocycles. The molecule has 1 aromatic carbocycles. The van der Waals surface area contributed by atoms with Gasteiger partial charge in [0.05, 0.1) is 18.8 Å². The number of alkyl halides is 1. The molecule has 2 bridgehead atoms. The van der Waals surface area contributed by atoms with Crippen molar-refractivity contribution in [1.82, 2.24) is 4.90 Å². The van der Waals surface area contributed by atoms with Gasteiger partial charge < -0.3 is 9.84 Å². The highest BCUT2D eigenvalue weighted by Gasteiger charge is 2.57. The lowest BCUT2D eigenvalue weighted by atomic mass is 9.66. The fourth-order valence-electron chi connectivity index (χ4n) is 4.47. The number of piperidine rings is 2. The summed E-state index contributed by atoms with van der Waals surface area (Å²) in [6.45, 7) is 4.86. The molecule has 0 aliphatic carbocycles. The van der Waals surface area contributed by atoms with Gasteiger partial charge >= 0.3 is 0 Å². The number of aliphatic hydroxyl groups is 1. The molecule has 2 fully saturated rings. The van der Waals surface area contributed by atoms with Gasteiger partial charge in [0, 0.05) is 12.1 Å². The summed E-state index contributed by atoms with van der Waals surface area (Å²) in [4.78, 5) is 2.29. The van der Waals surface area contributed by atoms with E-state index in [1.165, 1.54) is 0 Å². The van der Waals surface area contributed by atoms with Crippen molar-refractivity contribution in [1.29, 1.82) is 0 Å². The zero-order chi connectivity index (χ0) is 16.0. The molecular weight excluding hydrogens is 281 g/mol. The smallest absolute Gasteiger partial charge is 0.144 e. The largest absolute Gasteiger partial charge is 0.497 e. The van der Waals surface area contributed by atoms with Crippen LogP contribution in [0.3, 0.4) is 0 Å². The summed E-state index contributed by atoms with van der Waals surface area (Å²) in [6.07, 6.45) is 1.33. The second-order valence-electron chi connectivity index (χ2n) is 7.32. The molecule has 0 unspecified atom stereocenters. The maximum atomic E-state index is 14.8. The van der Waals surface area contributed by atoms with Crippen molar-refractivity contribution in [2.45, 2.75) is 69.4 Å². The number of halogens is 1. The Morgan fingerprint density at radius 3 is 2.59 bits per heavy atom. The molecule has 0 radical (unpaired) electrons. The van der Waals surface area contributed by atoms with E-state index in [-0.39, 0.29) is 5.54 Å². The van der Waals surface area contributed by atoms with Crippen LogP contribution in [0, 0.1) is 0 Å². The number of hydrogen-bond donors (Lipinski definition) is 1. The zero-order valence-electron chi connectivity index (χ0n) is 13.7. The summed E-state index contributed by atoms with van der Waals surface area (Å²) in [7, 11) is 1.65. The van der Waals surface area contributed by atoms with E-state index in [0.29, 0.717) is 13.0 Å². The number of nitrogens with zero attached hydrogens (tertiary/aromatic N) is 1. The van der Waals surface area contributed by atoms with Crippen LogP contribution >= 0.6 is 0 Å². The molecule has 122 valence electrons. The van der Waals surface area contributed by atoms with Gasteiger partial charge in [0.25, 0.3) is 0 Å². The first-order valence-corrected chi connectivity index (χ1v) is 8.12. The van der Waals surface area contributed by atoms with Crippen molar-refractivity contribution in [2.75, 3.05) is 7.11 Å². The van der Waals surface area contributed by atoms with E-state index in [1.807, 2.05) is 31.2 Å².